The van der Waals surface area contributed by atoms with E-state index in [1.807, 2.05) is 0 Å². The Labute approximate surface area is 158 Å². The topological polar surface area (TPSA) is 111 Å². The second-order valence-electron chi connectivity index (χ2n) is 6.87. The van der Waals surface area contributed by atoms with Crippen molar-refractivity contribution in [2.75, 3.05) is 26.8 Å². The van der Waals surface area contributed by atoms with Gasteiger partial charge in [-0.25, -0.2) is 9.59 Å². The molecular weight excluding hydrogens is 356 g/mol. The van der Waals surface area contributed by atoms with Gasteiger partial charge in [-0.05, 0) is 20.8 Å². The highest BCUT2D eigenvalue weighted by Gasteiger charge is 2.30. The van der Waals surface area contributed by atoms with E-state index in [0.29, 0.717) is 5.70 Å². The van der Waals surface area contributed by atoms with E-state index in [0.717, 1.165) is 0 Å². The van der Waals surface area contributed by atoms with Crippen LogP contribution in [0.5, 0.6) is 0 Å². The molecule has 0 bridgehead atoms. The SMILES string of the molecule is C=CCOC(=O)N1CC(=O)C=C(N[C@@H](CC(=O)OC(C)(C)C)C(=O)OC)C1. The molecule has 0 saturated heterocycles. The molecule has 0 aliphatic carbocycles. The van der Waals surface area contributed by atoms with Gasteiger partial charge in [-0.2, -0.15) is 0 Å². The number of amides is 1. The first-order chi connectivity index (χ1) is 12.6. The maximum absolute atomic E-state index is 12.0. The number of methoxy groups -OCH3 is 1. The summed E-state index contributed by atoms with van der Waals surface area (Å²) in [7, 11) is 1.19. The highest BCUT2D eigenvalue weighted by molar-refractivity contribution is 5.95. The molecule has 150 valence electrons. The number of nitrogens with zero attached hydrogens (tertiary/aromatic N) is 1. The van der Waals surface area contributed by atoms with Crippen molar-refractivity contribution in [3.63, 3.8) is 0 Å². The third kappa shape index (κ3) is 7.93. The quantitative estimate of drug-likeness (QED) is 0.393. The maximum Gasteiger partial charge on any atom is 0.410 e. The number of carbonyl (C=O) groups excluding carboxylic acids is 4. The van der Waals surface area contributed by atoms with Crippen LogP contribution in [0.2, 0.25) is 0 Å². The average Bonchev–Trinajstić information content (AvgIpc) is 2.56. The van der Waals surface area contributed by atoms with Crippen LogP contribution in [0.4, 0.5) is 4.79 Å². The van der Waals surface area contributed by atoms with Gasteiger partial charge in [-0.3, -0.25) is 14.5 Å². The lowest BCUT2D eigenvalue weighted by Gasteiger charge is -2.28. The summed E-state index contributed by atoms with van der Waals surface area (Å²) in [6.07, 6.45) is 1.71. The molecule has 0 spiro atoms. The molecule has 0 aromatic carbocycles. The van der Waals surface area contributed by atoms with E-state index in [2.05, 4.69) is 11.9 Å². The lowest BCUT2D eigenvalue weighted by molar-refractivity contribution is -0.158. The third-order valence-electron chi connectivity index (χ3n) is 3.26. The molecule has 1 atom stereocenters. The molecule has 0 aromatic heterocycles. The Bertz CT molecular complexity index is 634. The number of carbonyl (C=O) groups is 4. The summed E-state index contributed by atoms with van der Waals surface area (Å²) in [5.74, 6) is -1.64. The Hall–Kier alpha value is -2.84. The molecule has 1 amide bonds. The summed E-state index contributed by atoms with van der Waals surface area (Å²) in [5.41, 5.74) is -0.412. The molecular formula is C18H26N2O7. The van der Waals surface area contributed by atoms with Crippen LogP contribution >= 0.6 is 0 Å². The Morgan fingerprint density at radius 2 is 2.00 bits per heavy atom. The minimum absolute atomic E-state index is 0.0133. The molecule has 1 aliphatic heterocycles. The zero-order chi connectivity index (χ0) is 20.6. The van der Waals surface area contributed by atoms with Gasteiger partial charge in [0.15, 0.2) is 5.78 Å². The monoisotopic (exact) mass is 382 g/mol. The minimum Gasteiger partial charge on any atom is -0.467 e. The number of hydrogen-bond donors (Lipinski definition) is 1. The van der Waals surface area contributed by atoms with Crippen LogP contribution in [0.25, 0.3) is 0 Å². The van der Waals surface area contributed by atoms with Crippen LogP contribution in [-0.2, 0) is 28.6 Å². The van der Waals surface area contributed by atoms with Gasteiger partial charge in [0.2, 0.25) is 0 Å². The Morgan fingerprint density at radius 3 is 2.56 bits per heavy atom. The van der Waals surface area contributed by atoms with Crippen molar-refractivity contribution in [2.45, 2.75) is 38.8 Å². The number of esters is 2. The second-order valence-corrected chi connectivity index (χ2v) is 6.87. The molecule has 0 saturated carbocycles. The molecule has 0 radical (unpaired) electrons. The van der Waals surface area contributed by atoms with Gasteiger partial charge in [-0.1, -0.05) is 12.7 Å². The molecule has 1 rings (SSSR count). The van der Waals surface area contributed by atoms with Crippen molar-refractivity contribution >= 4 is 23.8 Å². The highest BCUT2D eigenvalue weighted by Crippen LogP contribution is 2.13. The van der Waals surface area contributed by atoms with Crippen molar-refractivity contribution in [2.24, 2.45) is 0 Å². The molecule has 27 heavy (non-hydrogen) atoms. The second kappa shape index (κ2) is 9.75. The standard InChI is InChI=1S/C18H26N2O7/c1-6-7-26-17(24)20-10-12(8-13(21)11-20)19-14(16(23)25-5)9-15(22)27-18(2,3)4/h6,8,14,19H,1,7,9-11H2,2-5H3/t14-/m0/s1. The number of ketones is 1. The summed E-state index contributed by atoms with van der Waals surface area (Å²) in [6.45, 7) is 8.46. The van der Waals surface area contributed by atoms with E-state index in [-0.39, 0.29) is 31.9 Å². The summed E-state index contributed by atoms with van der Waals surface area (Å²) < 4.78 is 14.8. The lowest BCUT2D eigenvalue weighted by Crippen LogP contribution is -2.47. The predicted octanol–water partition coefficient (Wildman–Crippen LogP) is 0.941. The van der Waals surface area contributed by atoms with E-state index in [9.17, 15) is 19.2 Å². The van der Waals surface area contributed by atoms with Crippen LogP contribution in [-0.4, -0.2) is 67.2 Å². The first kappa shape index (κ1) is 22.2. The van der Waals surface area contributed by atoms with Crippen molar-refractivity contribution < 1.29 is 33.4 Å². The molecule has 0 unspecified atom stereocenters. The summed E-state index contributed by atoms with van der Waals surface area (Å²) in [6, 6.07) is -1.06. The molecule has 1 N–H and O–H groups in total. The molecule has 0 fully saturated rings. The largest absolute Gasteiger partial charge is 0.467 e. The van der Waals surface area contributed by atoms with Gasteiger partial charge >= 0.3 is 18.0 Å². The van der Waals surface area contributed by atoms with E-state index in [1.165, 1.54) is 24.2 Å². The van der Waals surface area contributed by atoms with E-state index in [4.69, 9.17) is 14.2 Å². The van der Waals surface area contributed by atoms with Crippen LogP contribution in [0.3, 0.4) is 0 Å². The summed E-state index contributed by atoms with van der Waals surface area (Å²) in [4.78, 5) is 49.1. The van der Waals surface area contributed by atoms with Crippen molar-refractivity contribution in [3.8, 4) is 0 Å². The number of hydrogen-bond acceptors (Lipinski definition) is 8. The molecule has 1 heterocycles. The van der Waals surface area contributed by atoms with Gasteiger partial charge < -0.3 is 19.5 Å². The Balaban J connectivity index is 2.82. The van der Waals surface area contributed by atoms with Crippen LogP contribution < -0.4 is 5.32 Å². The Morgan fingerprint density at radius 1 is 1.33 bits per heavy atom. The number of nitrogens with one attached hydrogen (secondary N) is 1. The van der Waals surface area contributed by atoms with Gasteiger partial charge in [0.05, 0.1) is 26.6 Å². The van der Waals surface area contributed by atoms with Crippen LogP contribution in [0, 0.1) is 0 Å². The zero-order valence-electron chi connectivity index (χ0n) is 16.1. The smallest absolute Gasteiger partial charge is 0.410 e. The molecule has 9 nitrogen and oxygen atoms in total. The van der Waals surface area contributed by atoms with E-state index < -0.39 is 29.7 Å². The van der Waals surface area contributed by atoms with Crippen molar-refractivity contribution in [1.29, 1.82) is 0 Å². The van der Waals surface area contributed by atoms with E-state index in [1.54, 1.807) is 20.8 Å². The van der Waals surface area contributed by atoms with Crippen molar-refractivity contribution in [1.82, 2.24) is 10.2 Å². The normalized spacial score (nSPS) is 15.3. The van der Waals surface area contributed by atoms with Crippen LogP contribution in [0.15, 0.2) is 24.4 Å². The predicted molar refractivity (Wildman–Crippen MR) is 95.6 cm³/mol. The van der Waals surface area contributed by atoms with Gasteiger partial charge in [-0.15, -0.1) is 0 Å². The van der Waals surface area contributed by atoms with E-state index >= 15 is 0 Å². The molecule has 1 aliphatic rings. The summed E-state index contributed by atoms with van der Waals surface area (Å²) in [5, 5.41) is 2.79. The first-order valence-electron chi connectivity index (χ1n) is 8.38. The molecule has 0 aromatic rings. The van der Waals surface area contributed by atoms with Gasteiger partial charge in [0.1, 0.15) is 18.2 Å². The fraction of sp³-hybridized carbons (Fsp3) is 0.556. The van der Waals surface area contributed by atoms with Crippen LogP contribution in [0.1, 0.15) is 27.2 Å². The van der Waals surface area contributed by atoms with Gasteiger partial charge in [0, 0.05) is 11.8 Å². The number of rotatable bonds is 7. The first-order valence-corrected chi connectivity index (χ1v) is 8.38. The molecule has 9 heteroatoms. The van der Waals surface area contributed by atoms with Crippen molar-refractivity contribution in [3.05, 3.63) is 24.4 Å². The Kier molecular flexibility index (Phi) is 8.01. The minimum atomic E-state index is -1.06. The third-order valence-corrected chi connectivity index (χ3v) is 3.26. The highest BCUT2D eigenvalue weighted by atomic mass is 16.6. The zero-order valence-corrected chi connectivity index (χ0v) is 16.1. The fourth-order valence-corrected chi connectivity index (χ4v) is 2.28. The van der Waals surface area contributed by atoms with Gasteiger partial charge in [0.25, 0.3) is 0 Å². The maximum atomic E-state index is 12.0. The summed E-state index contributed by atoms with van der Waals surface area (Å²) >= 11 is 0. The fourth-order valence-electron chi connectivity index (χ4n) is 2.28. The lowest BCUT2D eigenvalue weighted by atomic mass is 10.1. The average molecular weight is 382 g/mol. The number of ether oxygens (including phenoxy) is 3.